The molecule has 0 spiro atoms. The highest BCUT2D eigenvalue weighted by molar-refractivity contribution is 5.82. The largest absolute Gasteiger partial charge is 0.481 e. The molecule has 0 bridgehead atoms. The average molecular weight is 298 g/mol. The van der Waals surface area contributed by atoms with Crippen LogP contribution >= 0.6 is 0 Å². The Hall–Kier alpha value is -1.79. The molecular formula is C14H22N2O5. The van der Waals surface area contributed by atoms with Crippen LogP contribution in [0.1, 0.15) is 26.2 Å². The summed E-state index contributed by atoms with van der Waals surface area (Å²) in [5, 5.41) is 18.3. The number of hydrogen-bond acceptors (Lipinski definition) is 3. The molecule has 21 heavy (non-hydrogen) atoms. The Labute approximate surface area is 123 Å². The van der Waals surface area contributed by atoms with Gasteiger partial charge < -0.3 is 20.0 Å². The molecule has 3 atom stereocenters. The minimum atomic E-state index is -1.15. The van der Waals surface area contributed by atoms with E-state index in [1.165, 1.54) is 4.90 Å². The van der Waals surface area contributed by atoms with Crippen molar-refractivity contribution in [3.05, 3.63) is 0 Å². The van der Waals surface area contributed by atoms with E-state index < -0.39 is 23.8 Å². The number of hydrogen-bond donors (Lipinski definition) is 2. The molecule has 2 aliphatic rings. The van der Waals surface area contributed by atoms with Crippen molar-refractivity contribution < 1.29 is 24.6 Å². The van der Waals surface area contributed by atoms with Gasteiger partial charge in [0.05, 0.1) is 11.8 Å². The fourth-order valence-corrected chi connectivity index (χ4v) is 3.23. The predicted octanol–water partition coefficient (Wildman–Crippen LogP) is 0.946. The van der Waals surface area contributed by atoms with Gasteiger partial charge in [-0.1, -0.05) is 6.92 Å². The molecule has 2 aliphatic heterocycles. The van der Waals surface area contributed by atoms with Crippen LogP contribution in [0.5, 0.6) is 0 Å². The Balaban J connectivity index is 2.03. The fraction of sp³-hybridized carbons (Fsp3) is 0.786. The lowest BCUT2D eigenvalue weighted by atomic mass is 9.85. The number of carboxylic acid groups (broad SMARTS) is 2. The van der Waals surface area contributed by atoms with E-state index in [-0.39, 0.29) is 19.0 Å². The van der Waals surface area contributed by atoms with Gasteiger partial charge in [0, 0.05) is 26.2 Å². The Morgan fingerprint density at radius 2 is 1.52 bits per heavy atom. The Bertz CT molecular complexity index is 439. The van der Waals surface area contributed by atoms with Crippen molar-refractivity contribution in [2.24, 2.45) is 17.8 Å². The third-order valence-corrected chi connectivity index (χ3v) is 4.45. The minimum absolute atomic E-state index is 0.0178. The molecule has 0 aromatic rings. The van der Waals surface area contributed by atoms with Crippen molar-refractivity contribution in [3.63, 3.8) is 0 Å². The van der Waals surface area contributed by atoms with Gasteiger partial charge in [0.1, 0.15) is 0 Å². The number of amides is 2. The SMILES string of the molecule is CC1CCCN(C(=O)N2CCC(C(=O)O)C(C(=O)O)C2)C1. The molecule has 0 aliphatic carbocycles. The van der Waals surface area contributed by atoms with Crippen LogP contribution in [0.4, 0.5) is 4.79 Å². The zero-order chi connectivity index (χ0) is 15.6. The number of piperidine rings is 2. The molecule has 0 aromatic carbocycles. The van der Waals surface area contributed by atoms with E-state index in [4.69, 9.17) is 5.11 Å². The van der Waals surface area contributed by atoms with Gasteiger partial charge in [-0.2, -0.15) is 0 Å². The Morgan fingerprint density at radius 3 is 2.10 bits per heavy atom. The van der Waals surface area contributed by atoms with Crippen LogP contribution < -0.4 is 0 Å². The highest BCUT2D eigenvalue weighted by Gasteiger charge is 2.41. The molecule has 2 saturated heterocycles. The van der Waals surface area contributed by atoms with Crippen molar-refractivity contribution in [2.75, 3.05) is 26.2 Å². The molecule has 7 nitrogen and oxygen atoms in total. The second kappa shape index (κ2) is 6.32. The van der Waals surface area contributed by atoms with E-state index in [1.807, 2.05) is 0 Å². The van der Waals surface area contributed by atoms with E-state index in [9.17, 15) is 19.5 Å². The zero-order valence-corrected chi connectivity index (χ0v) is 12.2. The number of urea groups is 1. The average Bonchev–Trinajstić information content (AvgIpc) is 2.45. The fourth-order valence-electron chi connectivity index (χ4n) is 3.23. The quantitative estimate of drug-likeness (QED) is 0.790. The normalized spacial score (nSPS) is 30.0. The van der Waals surface area contributed by atoms with Crippen LogP contribution in [0, 0.1) is 17.8 Å². The number of likely N-dealkylation sites (tertiary alicyclic amines) is 2. The lowest BCUT2D eigenvalue weighted by molar-refractivity contribution is -0.156. The lowest BCUT2D eigenvalue weighted by Crippen LogP contribution is -2.54. The molecular weight excluding hydrogens is 276 g/mol. The molecule has 2 rings (SSSR count). The summed E-state index contributed by atoms with van der Waals surface area (Å²) >= 11 is 0. The first-order valence-corrected chi connectivity index (χ1v) is 7.39. The monoisotopic (exact) mass is 298 g/mol. The van der Waals surface area contributed by atoms with Crippen LogP contribution in [-0.2, 0) is 9.59 Å². The van der Waals surface area contributed by atoms with Crippen LogP contribution in [0.2, 0.25) is 0 Å². The summed E-state index contributed by atoms with van der Waals surface area (Å²) in [4.78, 5) is 38.1. The predicted molar refractivity (Wildman–Crippen MR) is 73.8 cm³/mol. The van der Waals surface area contributed by atoms with Gasteiger partial charge in [0.25, 0.3) is 0 Å². The van der Waals surface area contributed by atoms with E-state index in [2.05, 4.69) is 6.92 Å². The number of carbonyl (C=O) groups excluding carboxylic acids is 1. The molecule has 0 radical (unpaired) electrons. The summed E-state index contributed by atoms with van der Waals surface area (Å²) in [5.74, 6) is -3.73. The van der Waals surface area contributed by atoms with E-state index in [0.717, 1.165) is 12.8 Å². The van der Waals surface area contributed by atoms with Gasteiger partial charge in [0.2, 0.25) is 0 Å². The topological polar surface area (TPSA) is 98.2 Å². The molecule has 2 N–H and O–H groups in total. The molecule has 2 amide bonds. The molecule has 0 aromatic heterocycles. The van der Waals surface area contributed by atoms with Gasteiger partial charge in [-0.15, -0.1) is 0 Å². The molecule has 2 fully saturated rings. The van der Waals surface area contributed by atoms with Crippen molar-refractivity contribution in [1.82, 2.24) is 9.80 Å². The zero-order valence-electron chi connectivity index (χ0n) is 12.2. The lowest BCUT2D eigenvalue weighted by Gasteiger charge is -2.39. The molecule has 7 heteroatoms. The third-order valence-electron chi connectivity index (χ3n) is 4.45. The smallest absolute Gasteiger partial charge is 0.320 e. The first-order valence-electron chi connectivity index (χ1n) is 7.39. The Morgan fingerprint density at radius 1 is 0.905 bits per heavy atom. The number of carboxylic acids is 2. The van der Waals surface area contributed by atoms with Gasteiger partial charge in [-0.25, -0.2) is 4.79 Å². The summed E-state index contributed by atoms with van der Waals surface area (Å²) in [6, 6.07) is -0.156. The number of aliphatic carboxylic acids is 2. The highest BCUT2D eigenvalue weighted by atomic mass is 16.4. The second-order valence-corrected chi connectivity index (χ2v) is 6.10. The maximum Gasteiger partial charge on any atom is 0.320 e. The van der Waals surface area contributed by atoms with Crippen molar-refractivity contribution in [1.29, 1.82) is 0 Å². The first-order chi connectivity index (χ1) is 9.90. The molecule has 2 heterocycles. The van der Waals surface area contributed by atoms with E-state index >= 15 is 0 Å². The van der Waals surface area contributed by atoms with Crippen LogP contribution in [0.3, 0.4) is 0 Å². The number of carbonyl (C=O) groups is 3. The van der Waals surface area contributed by atoms with Crippen molar-refractivity contribution >= 4 is 18.0 Å². The van der Waals surface area contributed by atoms with Gasteiger partial charge >= 0.3 is 18.0 Å². The van der Waals surface area contributed by atoms with Gasteiger partial charge in [0.15, 0.2) is 0 Å². The maximum absolute atomic E-state index is 12.5. The van der Waals surface area contributed by atoms with E-state index in [0.29, 0.717) is 25.6 Å². The standard InChI is InChI=1S/C14H22N2O5/c1-9-3-2-5-15(7-9)14(21)16-6-4-10(12(17)18)11(8-16)13(19)20/h9-11H,2-8H2,1H3,(H,17,18)(H,19,20). The highest BCUT2D eigenvalue weighted by Crippen LogP contribution is 2.26. The summed E-state index contributed by atoms with van der Waals surface area (Å²) in [5.41, 5.74) is 0. The number of nitrogens with zero attached hydrogens (tertiary/aromatic N) is 2. The van der Waals surface area contributed by atoms with Crippen molar-refractivity contribution in [2.45, 2.75) is 26.2 Å². The Kier molecular flexibility index (Phi) is 4.69. The second-order valence-electron chi connectivity index (χ2n) is 6.10. The van der Waals surface area contributed by atoms with E-state index in [1.54, 1.807) is 4.90 Å². The van der Waals surface area contributed by atoms with Gasteiger partial charge in [-0.3, -0.25) is 9.59 Å². The molecule has 3 unspecified atom stereocenters. The summed E-state index contributed by atoms with van der Waals surface area (Å²) in [6.07, 6.45) is 2.25. The summed E-state index contributed by atoms with van der Waals surface area (Å²) in [6.45, 7) is 3.77. The van der Waals surface area contributed by atoms with Crippen molar-refractivity contribution in [3.8, 4) is 0 Å². The molecule has 118 valence electrons. The first kappa shape index (κ1) is 15.6. The number of rotatable bonds is 2. The van der Waals surface area contributed by atoms with Crippen LogP contribution in [0.15, 0.2) is 0 Å². The summed E-state index contributed by atoms with van der Waals surface area (Å²) in [7, 11) is 0. The third kappa shape index (κ3) is 3.46. The maximum atomic E-state index is 12.5. The summed E-state index contributed by atoms with van der Waals surface area (Å²) < 4.78 is 0. The van der Waals surface area contributed by atoms with Gasteiger partial charge in [-0.05, 0) is 25.2 Å². The van der Waals surface area contributed by atoms with Crippen LogP contribution in [0.25, 0.3) is 0 Å². The minimum Gasteiger partial charge on any atom is -0.481 e. The molecule has 0 saturated carbocycles. The van der Waals surface area contributed by atoms with Crippen LogP contribution in [-0.4, -0.2) is 64.2 Å².